The van der Waals surface area contributed by atoms with Gasteiger partial charge in [0.25, 0.3) is 0 Å². The maximum atomic E-state index is 7.21. The molecule has 0 aromatic carbocycles. The van der Waals surface area contributed by atoms with Gasteiger partial charge < -0.3 is 10.1 Å². The van der Waals surface area contributed by atoms with Crippen molar-refractivity contribution in [3.8, 4) is 0 Å². The fourth-order valence-electron chi connectivity index (χ4n) is 1.08. The van der Waals surface area contributed by atoms with Gasteiger partial charge in [-0.2, -0.15) is 0 Å². The zero-order valence-corrected chi connectivity index (χ0v) is 6.36. The molecule has 0 radical (unpaired) electrons. The van der Waals surface area contributed by atoms with Crippen molar-refractivity contribution in [2.24, 2.45) is 5.73 Å². The average Bonchev–Trinajstić information content (AvgIpc) is 2.49. The number of hydrogen-bond donors (Lipinski definition) is 2. The summed E-state index contributed by atoms with van der Waals surface area (Å²) in [7, 11) is 0. The number of amidine groups is 1. The Labute approximate surface area is 69.2 Å². The summed E-state index contributed by atoms with van der Waals surface area (Å²) in [5.41, 5.74) is 6.89. The number of aromatic nitrogens is 2. The molecule has 0 spiro atoms. The van der Waals surface area contributed by atoms with Crippen LogP contribution in [0.4, 0.5) is 0 Å². The number of nitrogens with zero attached hydrogens (tertiary/aromatic N) is 2. The second-order valence-corrected chi connectivity index (χ2v) is 2.52. The molecule has 0 aliphatic heterocycles. The van der Waals surface area contributed by atoms with Crippen LogP contribution in [0.3, 0.4) is 0 Å². The minimum absolute atomic E-state index is 0.0746. The smallest absolute Gasteiger partial charge is 0.136 e. The summed E-state index contributed by atoms with van der Waals surface area (Å²) in [6, 6.07) is 3.61. The Balaban J connectivity index is 2.68. The molecule has 0 fully saturated rings. The fraction of sp³-hybridized carbons (Fsp3) is 0. The normalized spacial score (nSPS) is 10.3. The van der Waals surface area contributed by atoms with Gasteiger partial charge >= 0.3 is 0 Å². The monoisotopic (exact) mass is 160 g/mol. The second-order valence-electron chi connectivity index (χ2n) is 2.52. The van der Waals surface area contributed by atoms with E-state index in [-0.39, 0.29) is 5.84 Å². The predicted molar refractivity (Wildman–Crippen MR) is 46.2 cm³/mol. The summed E-state index contributed by atoms with van der Waals surface area (Å²) in [5.74, 6) is 0.0746. The SMILES string of the molecule is N=C(N)c1ccc2nccn2c1. The largest absolute Gasteiger partial charge is 0.384 e. The summed E-state index contributed by atoms with van der Waals surface area (Å²) in [6.45, 7) is 0. The molecular weight excluding hydrogens is 152 g/mol. The number of imidazole rings is 1. The van der Waals surface area contributed by atoms with Crippen LogP contribution in [0.25, 0.3) is 5.65 Å². The Morgan fingerprint density at radius 1 is 1.50 bits per heavy atom. The summed E-state index contributed by atoms with van der Waals surface area (Å²) in [6.07, 6.45) is 5.31. The van der Waals surface area contributed by atoms with Crippen molar-refractivity contribution in [2.45, 2.75) is 0 Å². The van der Waals surface area contributed by atoms with Gasteiger partial charge in [0.15, 0.2) is 0 Å². The van der Waals surface area contributed by atoms with Gasteiger partial charge in [-0.1, -0.05) is 0 Å². The Hall–Kier alpha value is -1.84. The molecule has 0 amide bonds. The lowest BCUT2D eigenvalue weighted by Crippen LogP contribution is -2.11. The first kappa shape index (κ1) is 6.84. The molecule has 4 nitrogen and oxygen atoms in total. The van der Waals surface area contributed by atoms with Crippen LogP contribution in [0.5, 0.6) is 0 Å². The lowest BCUT2D eigenvalue weighted by Gasteiger charge is -1.98. The number of nitrogens with one attached hydrogen (secondary N) is 1. The van der Waals surface area contributed by atoms with Crippen molar-refractivity contribution in [3.05, 3.63) is 36.3 Å². The van der Waals surface area contributed by atoms with E-state index in [4.69, 9.17) is 11.1 Å². The van der Waals surface area contributed by atoms with Crippen molar-refractivity contribution in [1.29, 1.82) is 5.41 Å². The minimum Gasteiger partial charge on any atom is -0.384 e. The molecule has 0 aliphatic rings. The number of hydrogen-bond acceptors (Lipinski definition) is 2. The Kier molecular flexibility index (Phi) is 1.33. The number of pyridine rings is 1. The zero-order chi connectivity index (χ0) is 8.55. The molecule has 12 heavy (non-hydrogen) atoms. The van der Waals surface area contributed by atoms with E-state index in [0.717, 1.165) is 5.65 Å². The van der Waals surface area contributed by atoms with Crippen LogP contribution in [0.15, 0.2) is 30.7 Å². The molecule has 4 heteroatoms. The third kappa shape index (κ3) is 0.934. The molecule has 2 heterocycles. The average molecular weight is 160 g/mol. The van der Waals surface area contributed by atoms with E-state index in [1.807, 2.05) is 16.7 Å². The standard InChI is InChI=1S/C8H8N4/c9-8(10)6-1-2-7-11-3-4-12(7)5-6/h1-5H,(H3,9,10). The summed E-state index contributed by atoms with van der Waals surface area (Å²) < 4.78 is 1.83. The highest BCUT2D eigenvalue weighted by Crippen LogP contribution is 2.03. The molecule has 60 valence electrons. The quantitative estimate of drug-likeness (QED) is 0.474. The summed E-state index contributed by atoms with van der Waals surface area (Å²) in [5, 5.41) is 7.21. The highest BCUT2D eigenvalue weighted by molar-refractivity contribution is 5.94. The van der Waals surface area contributed by atoms with E-state index in [9.17, 15) is 0 Å². The van der Waals surface area contributed by atoms with Gasteiger partial charge in [-0.3, -0.25) is 5.41 Å². The number of fused-ring (bicyclic) bond motifs is 1. The molecule has 3 N–H and O–H groups in total. The summed E-state index contributed by atoms with van der Waals surface area (Å²) in [4.78, 5) is 4.07. The van der Waals surface area contributed by atoms with E-state index in [1.54, 1.807) is 18.5 Å². The highest BCUT2D eigenvalue weighted by atomic mass is 15.0. The van der Waals surface area contributed by atoms with E-state index in [0.29, 0.717) is 5.56 Å². The van der Waals surface area contributed by atoms with Crippen LogP contribution >= 0.6 is 0 Å². The van der Waals surface area contributed by atoms with Crippen molar-refractivity contribution in [2.75, 3.05) is 0 Å². The molecule has 2 aromatic heterocycles. The molecule has 0 unspecified atom stereocenters. The molecular formula is C8H8N4. The lowest BCUT2D eigenvalue weighted by molar-refractivity contribution is 1.17. The first-order chi connectivity index (χ1) is 5.77. The molecule has 2 rings (SSSR count). The Morgan fingerprint density at radius 3 is 3.08 bits per heavy atom. The fourth-order valence-corrected chi connectivity index (χ4v) is 1.08. The highest BCUT2D eigenvalue weighted by Gasteiger charge is 1.97. The first-order valence-electron chi connectivity index (χ1n) is 3.54. The maximum absolute atomic E-state index is 7.21. The van der Waals surface area contributed by atoms with Crippen molar-refractivity contribution in [1.82, 2.24) is 9.38 Å². The molecule has 0 atom stereocenters. The summed E-state index contributed by atoms with van der Waals surface area (Å²) >= 11 is 0. The molecule has 0 bridgehead atoms. The van der Waals surface area contributed by atoms with E-state index in [2.05, 4.69) is 4.98 Å². The third-order valence-electron chi connectivity index (χ3n) is 1.70. The van der Waals surface area contributed by atoms with Gasteiger partial charge in [0.2, 0.25) is 0 Å². The van der Waals surface area contributed by atoms with Crippen molar-refractivity contribution in [3.63, 3.8) is 0 Å². The van der Waals surface area contributed by atoms with Crippen molar-refractivity contribution < 1.29 is 0 Å². The van der Waals surface area contributed by atoms with Crippen LogP contribution in [0.1, 0.15) is 5.56 Å². The van der Waals surface area contributed by atoms with Gasteiger partial charge in [-0.25, -0.2) is 4.98 Å². The first-order valence-corrected chi connectivity index (χ1v) is 3.54. The third-order valence-corrected chi connectivity index (χ3v) is 1.70. The van der Waals surface area contributed by atoms with Crippen molar-refractivity contribution >= 4 is 11.5 Å². The predicted octanol–water partition coefficient (Wildman–Crippen LogP) is 0.618. The Morgan fingerprint density at radius 2 is 2.33 bits per heavy atom. The van der Waals surface area contributed by atoms with Gasteiger partial charge in [-0.05, 0) is 12.1 Å². The molecule has 0 aliphatic carbocycles. The topological polar surface area (TPSA) is 67.2 Å². The molecule has 0 saturated heterocycles. The van der Waals surface area contributed by atoms with E-state index >= 15 is 0 Å². The van der Waals surface area contributed by atoms with Gasteiger partial charge in [0, 0.05) is 24.2 Å². The van der Waals surface area contributed by atoms with Crippen LogP contribution < -0.4 is 5.73 Å². The second kappa shape index (κ2) is 2.34. The lowest BCUT2D eigenvalue weighted by atomic mass is 10.2. The molecule has 0 saturated carbocycles. The van der Waals surface area contributed by atoms with E-state index < -0.39 is 0 Å². The van der Waals surface area contributed by atoms with Crippen LogP contribution in [0, 0.1) is 5.41 Å². The van der Waals surface area contributed by atoms with Crippen LogP contribution in [-0.4, -0.2) is 15.2 Å². The van der Waals surface area contributed by atoms with Gasteiger partial charge in [0.05, 0.1) is 0 Å². The Bertz CT molecular complexity index is 429. The molecule has 2 aromatic rings. The maximum Gasteiger partial charge on any atom is 0.136 e. The van der Waals surface area contributed by atoms with E-state index in [1.165, 1.54) is 0 Å². The van der Waals surface area contributed by atoms with Gasteiger partial charge in [0.1, 0.15) is 11.5 Å². The number of nitrogens with two attached hydrogens (primary N) is 1. The zero-order valence-electron chi connectivity index (χ0n) is 6.36. The number of rotatable bonds is 1. The number of nitrogen functional groups attached to an aromatic ring is 1. The minimum atomic E-state index is 0.0746. The van der Waals surface area contributed by atoms with Crippen LogP contribution in [-0.2, 0) is 0 Å². The van der Waals surface area contributed by atoms with Crippen LogP contribution in [0.2, 0.25) is 0 Å². The van der Waals surface area contributed by atoms with Gasteiger partial charge in [-0.15, -0.1) is 0 Å².